The van der Waals surface area contributed by atoms with Crippen molar-refractivity contribution in [1.29, 1.82) is 0 Å². The molecule has 5 nitrogen and oxygen atoms in total. The first-order valence-electron chi connectivity index (χ1n) is 5.31. The second kappa shape index (κ2) is 3.64. The molecule has 0 aliphatic carbocycles. The van der Waals surface area contributed by atoms with Gasteiger partial charge in [-0.15, -0.1) is 0 Å². The Labute approximate surface area is 97.5 Å². The van der Waals surface area contributed by atoms with E-state index in [2.05, 4.69) is 21.9 Å². The van der Waals surface area contributed by atoms with E-state index in [9.17, 15) is 0 Å². The fraction of sp³-hybridized carbons (Fsp3) is 0.500. The number of rotatable bonds is 1. The standard InChI is InChI=1S/C10H12N4OS/c1-6-2-3-7(15-6)14-5-13-8-9(14)11-4-12-10(8)16/h4-7H,2-3H2,1H3,(H,11,12,16)/t6-,7+/m0/s1. The minimum atomic E-state index is 0.0630. The molecule has 1 fully saturated rings. The lowest BCUT2D eigenvalue weighted by molar-refractivity contribution is 0.0131. The molecule has 0 saturated carbocycles. The molecule has 1 aliphatic rings. The van der Waals surface area contributed by atoms with Crippen molar-refractivity contribution < 1.29 is 4.74 Å². The van der Waals surface area contributed by atoms with Gasteiger partial charge in [0.15, 0.2) is 4.64 Å². The van der Waals surface area contributed by atoms with Crippen molar-refractivity contribution in [3.63, 3.8) is 0 Å². The van der Waals surface area contributed by atoms with E-state index in [-0.39, 0.29) is 6.23 Å². The summed E-state index contributed by atoms with van der Waals surface area (Å²) in [6.07, 6.45) is 5.83. The number of nitrogens with zero attached hydrogens (tertiary/aromatic N) is 3. The second-order valence-electron chi connectivity index (χ2n) is 4.04. The van der Waals surface area contributed by atoms with Gasteiger partial charge in [-0.05, 0) is 19.8 Å². The molecule has 0 radical (unpaired) electrons. The molecular weight excluding hydrogens is 224 g/mol. The van der Waals surface area contributed by atoms with E-state index in [0.29, 0.717) is 10.7 Å². The number of fused-ring (bicyclic) bond motifs is 1. The van der Waals surface area contributed by atoms with Crippen molar-refractivity contribution in [2.24, 2.45) is 0 Å². The first kappa shape index (κ1) is 9.92. The Morgan fingerprint density at radius 3 is 3.12 bits per heavy atom. The highest BCUT2D eigenvalue weighted by molar-refractivity contribution is 7.71. The van der Waals surface area contributed by atoms with Crippen molar-refractivity contribution in [1.82, 2.24) is 19.5 Å². The highest BCUT2D eigenvalue weighted by Gasteiger charge is 2.24. The number of aromatic amines is 1. The third-order valence-electron chi connectivity index (χ3n) is 2.90. The van der Waals surface area contributed by atoms with Crippen LogP contribution in [0.4, 0.5) is 0 Å². The number of imidazole rings is 1. The molecule has 0 spiro atoms. The molecule has 2 aromatic rings. The van der Waals surface area contributed by atoms with Crippen LogP contribution in [0.1, 0.15) is 26.0 Å². The van der Waals surface area contributed by atoms with Crippen molar-refractivity contribution in [2.75, 3.05) is 0 Å². The molecule has 0 aromatic carbocycles. The smallest absolute Gasteiger partial charge is 0.157 e. The average Bonchev–Trinajstić information content (AvgIpc) is 2.84. The SMILES string of the molecule is C[C@H]1CC[C@H](n2cnc3c(=S)nc[nH]c32)O1. The van der Waals surface area contributed by atoms with Gasteiger partial charge in [0.2, 0.25) is 0 Å². The van der Waals surface area contributed by atoms with Crippen molar-refractivity contribution in [3.8, 4) is 0 Å². The maximum atomic E-state index is 5.80. The van der Waals surface area contributed by atoms with Crippen LogP contribution >= 0.6 is 12.2 Å². The number of hydrogen-bond donors (Lipinski definition) is 1. The lowest BCUT2D eigenvalue weighted by Gasteiger charge is -2.13. The zero-order chi connectivity index (χ0) is 11.1. The van der Waals surface area contributed by atoms with E-state index in [1.165, 1.54) is 0 Å². The maximum absolute atomic E-state index is 5.80. The summed E-state index contributed by atoms with van der Waals surface area (Å²) in [5.74, 6) is 0. The molecule has 3 heterocycles. The Morgan fingerprint density at radius 2 is 2.38 bits per heavy atom. The van der Waals surface area contributed by atoms with Crippen molar-refractivity contribution in [3.05, 3.63) is 17.3 Å². The van der Waals surface area contributed by atoms with E-state index in [1.54, 1.807) is 12.7 Å². The molecule has 84 valence electrons. The Kier molecular flexibility index (Phi) is 2.26. The van der Waals surface area contributed by atoms with Crippen LogP contribution in [0.2, 0.25) is 0 Å². The van der Waals surface area contributed by atoms with Gasteiger partial charge in [0, 0.05) is 0 Å². The van der Waals surface area contributed by atoms with E-state index < -0.39 is 0 Å². The highest BCUT2D eigenvalue weighted by atomic mass is 32.1. The zero-order valence-electron chi connectivity index (χ0n) is 8.88. The molecule has 2 atom stereocenters. The summed E-state index contributed by atoms with van der Waals surface area (Å²) in [5.41, 5.74) is 1.62. The zero-order valence-corrected chi connectivity index (χ0v) is 9.70. The lowest BCUT2D eigenvalue weighted by atomic mass is 10.2. The van der Waals surface area contributed by atoms with Crippen LogP contribution in [-0.2, 0) is 4.74 Å². The summed E-state index contributed by atoms with van der Waals surface area (Å²) in [6.45, 7) is 2.09. The number of nitrogens with one attached hydrogen (secondary N) is 1. The van der Waals surface area contributed by atoms with Crippen LogP contribution in [0.15, 0.2) is 12.7 Å². The van der Waals surface area contributed by atoms with Gasteiger partial charge in [-0.3, -0.25) is 4.57 Å². The summed E-state index contributed by atoms with van der Waals surface area (Å²) >= 11 is 5.12. The predicted molar refractivity (Wildman–Crippen MR) is 61.5 cm³/mol. The third kappa shape index (κ3) is 1.45. The largest absolute Gasteiger partial charge is 0.355 e. The van der Waals surface area contributed by atoms with Gasteiger partial charge in [0.1, 0.15) is 17.4 Å². The number of aromatic nitrogens is 4. The van der Waals surface area contributed by atoms with Gasteiger partial charge in [-0.1, -0.05) is 12.2 Å². The van der Waals surface area contributed by atoms with E-state index in [1.807, 2.05) is 4.57 Å². The Balaban J connectivity index is 2.11. The van der Waals surface area contributed by atoms with Gasteiger partial charge in [0.05, 0.1) is 18.8 Å². The molecule has 1 saturated heterocycles. The normalized spacial score (nSPS) is 25.3. The third-order valence-corrected chi connectivity index (χ3v) is 3.20. The quantitative estimate of drug-likeness (QED) is 0.771. The summed E-state index contributed by atoms with van der Waals surface area (Å²) < 4.78 is 8.32. The number of ether oxygens (including phenoxy) is 1. The van der Waals surface area contributed by atoms with Crippen LogP contribution in [0.5, 0.6) is 0 Å². The van der Waals surface area contributed by atoms with E-state index >= 15 is 0 Å². The molecule has 0 bridgehead atoms. The lowest BCUT2D eigenvalue weighted by Crippen LogP contribution is -2.08. The molecule has 1 N–H and O–H groups in total. The summed E-state index contributed by atoms with van der Waals surface area (Å²) in [7, 11) is 0. The van der Waals surface area contributed by atoms with Gasteiger partial charge >= 0.3 is 0 Å². The predicted octanol–water partition coefficient (Wildman–Crippen LogP) is 2.19. The van der Waals surface area contributed by atoms with Crippen molar-refractivity contribution in [2.45, 2.75) is 32.1 Å². The van der Waals surface area contributed by atoms with Gasteiger partial charge in [0.25, 0.3) is 0 Å². The minimum Gasteiger partial charge on any atom is -0.355 e. The Bertz CT molecular complexity index is 575. The van der Waals surface area contributed by atoms with Gasteiger partial charge < -0.3 is 9.72 Å². The molecule has 0 unspecified atom stereocenters. The molecule has 3 rings (SSSR count). The number of hydrogen-bond acceptors (Lipinski definition) is 4. The van der Waals surface area contributed by atoms with Crippen molar-refractivity contribution >= 4 is 23.4 Å². The van der Waals surface area contributed by atoms with Crippen LogP contribution in [-0.4, -0.2) is 25.6 Å². The first-order valence-corrected chi connectivity index (χ1v) is 5.72. The minimum absolute atomic E-state index is 0.0630. The summed E-state index contributed by atoms with van der Waals surface area (Å²) in [4.78, 5) is 11.4. The van der Waals surface area contributed by atoms with Gasteiger partial charge in [-0.2, -0.15) is 0 Å². The molecule has 2 aromatic heterocycles. The second-order valence-corrected chi connectivity index (χ2v) is 4.42. The Hall–Kier alpha value is -1.27. The number of H-pyrrole nitrogens is 1. The fourth-order valence-corrected chi connectivity index (χ4v) is 2.28. The summed E-state index contributed by atoms with van der Waals surface area (Å²) in [6, 6.07) is 0. The molecule has 6 heteroatoms. The maximum Gasteiger partial charge on any atom is 0.157 e. The molecule has 0 amide bonds. The van der Waals surface area contributed by atoms with E-state index in [4.69, 9.17) is 17.0 Å². The fourth-order valence-electron chi connectivity index (χ4n) is 2.08. The van der Waals surface area contributed by atoms with Crippen LogP contribution in [0, 0.1) is 4.64 Å². The van der Waals surface area contributed by atoms with Crippen LogP contribution < -0.4 is 0 Å². The molecular formula is C10H12N4OS. The summed E-state index contributed by atoms with van der Waals surface area (Å²) in [5, 5.41) is 0. The topological polar surface area (TPSA) is 55.7 Å². The van der Waals surface area contributed by atoms with Crippen LogP contribution in [0.3, 0.4) is 0 Å². The molecule has 1 aliphatic heterocycles. The molecule has 16 heavy (non-hydrogen) atoms. The monoisotopic (exact) mass is 236 g/mol. The Morgan fingerprint density at radius 1 is 1.50 bits per heavy atom. The van der Waals surface area contributed by atoms with Gasteiger partial charge in [-0.25, -0.2) is 9.97 Å². The van der Waals surface area contributed by atoms with E-state index in [0.717, 1.165) is 24.0 Å². The highest BCUT2D eigenvalue weighted by Crippen LogP contribution is 2.29. The average molecular weight is 236 g/mol. The van der Waals surface area contributed by atoms with Crippen LogP contribution in [0.25, 0.3) is 11.2 Å². The first-order chi connectivity index (χ1) is 7.75.